The first kappa shape index (κ1) is 18.2. The number of sulfonamides is 1. The number of anilines is 2. The highest BCUT2D eigenvalue weighted by Gasteiger charge is 2.15. The van der Waals surface area contributed by atoms with E-state index in [1.165, 1.54) is 6.20 Å². The molecule has 0 atom stereocenters. The van der Waals surface area contributed by atoms with Crippen molar-refractivity contribution in [2.24, 2.45) is 0 Å². The molecule has 0 spiro atoms. The highest BCUT2D eigenvalue weighted by atomic mass is 32.2. The third kappa shape index (κ3) is 4.94. The fourth-order valence-corrected chi connectivity index (χ4v) is 3.21. The predicted octanol–water partition coefficient (Wildman–Crippen LogP) is 2.95. The van der Waals surface area contributed by atoms with Gasteiger partial charge in [-0.05, 0) is 55.7 Å². The molecule has 1 aromatic carbocycles. The molecule has 0 aliphatic rings. The van der Waals surface area contributed by atoms with Gasteiger partial charge in [0, 0.05) is 20.3 Å². The van der Waals surface area contributed by atoms with Gasteiger partial charge in [0.25, 0.3) is 10.0 Å². The van der Waals surface area contributed by atoms with Crippen molar-refractivity contribution in [1.29, 1.82) is 0 Å². The lowest BCUT2D eigenvalue weighted by atomic mass is 10.1. The van der Waals surface area contributed by atoms with Crippen molar-refractivity contribution in [2.75, 3.05) is 30.3 Å². The molecule has 1 heterocycles. The monoisotopic (exact) mass is 349 g/mol. The summed E-state index contributed by atoms with van der Waals surface area (Å²) in [5.41, 5.74) is 2.42. The Balaban J connectivity index is 2.03. The molecule has 0 aliphatic carbocycles. The molecule has 0 saturated heterocycles. The number of rotatable bonds is 8. The second kappa shape index (κ2) is 8.12. The van der Waals surface area contributed by atoms with Gasteiger partial charge in [-0.2, -0.15) is 0 Å². The first-order chi connectivity index (χ1) is 11.4. The van der Waals surface area contributed by atoms with Gasteiger partial charge >= 0.3 is 0 Å². The predicted molar refractivity (Wildman–Crippen MR) is 95.9 cm³/mol. The maximum atomic E-state index is 12.4. The number of aryl methyl sites for hydroxylation is 2. The van der Waals surface area contributed by atoms with Gasteiger partial charge in [-0.3, -0.25) is 4.72 Å². The van der Waals surface area contributed by atoms with E-state index in [0.29, 0.717) is 18.1 Å². The summed E-state index contributed by atoms with van der Waals surface area (Å²) in [4.78, 5) is 4.45. The fourth-order valence-electron chi connectivity index (χ4n) is 2.09. The molecule has 6 nitrogen and oxygen atoms in total. The summed E-state index contributed by atoms with van der Waals surface area (Å²) >= 11 is 0. The maximum absolute atomic E-state index is 12.4. The van der Waals surface area contributed by atoms with E-state index in [2.05, 4.69) is 15.0 Å². The lowest BCUT2D eigenvalue weighted by molar-refractivity contribution is 0.198. The van der Waals surface area contributed by atoms with Gasteiger partial charge in [0.2, 0.25) is 0 Å². The fraction of sp³-hybridized carbons (Fsp3) is 0.353. The third-order valence-electron chi connectivity index (χ3n) is 3.64. The minimum Gasteiger partial charge on any atom is -0.385 e. The first-order valence-electron chi connectivity index (χ1n) is 7.71. The summed E-state index contributed by atoms with van der Waals surface area (Å²) in [5, 5.41) is 3.15. The standard InChI is InChI=1S/C17H23N3O3S/c1-13-5-7-16(11-14(13)2)24(21,22)20-15-6-8-17(19-12-15)18-9-4-10-23-3/h5-8,11-12,20H,4,9-10H2,1-3H3,(H,18,19). The van der Waals surface area contributed by atoms with E-state index >= 15 is 0 Å². The van der Waals surface area contributed by atoms with Gasteiger partial charge in [0.1, 0.15) is 5.82 Å². The molecule has 24 heavy (non-hydrogen) atoms. The molecule has 0 amide bonds. The van der Waals surface area contributed by atoms with Crippen LogP contribution in [0.25, 0.3) is 0 Å². The van der Waals surface area contributed by atoms with Crippen LogP contribution in [0.2, 0.25) is 0 Å². The van der Waals surface area contributed by atoms with Crippen molar-refractivity contribution >= 4 is 21.5 Å². The van der Waals surface area contributed by atoms with Gasteiger partial charge in [-0.15, -0.1) is 0 Å². The number of nitrogens with one attached hydrogen (secondary N) is 2. The van der Waals surface area contributed by atoms with E-state index in [4.69, 9.17) is 4.74 Å². The zero-order valence-corrected chi connectivity index (χ0v) is 15.0. The number of ether oxygens (including phenoxy) is 1. The second-order valence-corrected chi connectivity index (χ2v) is 7.24. The molecule has 0 radical (unpaired) electrons. The van der Waals surface area contributed by atoms with Crippen LogP contribution in [-0.4, -0.2) is 33.7 Å². The van der Waals surface area contributed by atoms with Crippen LogP contribution in [0.5, 0.6) is 0 Å². The van der Waals surface area contributed by atoms with Crippen LogP contribution in [0.4, 0.5) is 11.5 Å². The van der Waals surface area contributed by atoms with Gasteiger partial charge in [0.05, 0.1) is 16.8 Å². The van der Waals surface area contributed by atoms with Crippen molar-refractivity contribution in [3.63, 3.8) is 0 Å². The zero-order valence-electron chi connectivity index (χ0n) is 14.2. The van der Waals surface area contributed by atoms with Crippen LogP contribution < -0.4 is 10.0 Å². The lowest BCUT2D eigenvalue weighted by Gasteiger charge is -2.10. The molecular formula is C17H23N3O3S. The Morgan fingerprint density at radius 1 is 1.12 bits per heavy atom. The quantitative estimate of drug-likeness (QED) is 0.716. The zero-order chi connectivity index (χ0) is 17.6. The molecule has 130 valence electrons. The third-order valence-corrected chi connectivity index (χ3v) is 5.01. The largest absolute Gasteiger partial charge is 0.385 e. The van der Waals surface area contributed by atoms with Crippen molar-refractivity contribution in [3.8, 4) is 0 Å². The van der Waals surface area contributed by atoms with Gasteiger partial charge in [-0.25, -0.2) is 13.4 Å². The Hall–Kier alpha value is -2.12. The van der Waals surface area contributed by atoms with E-state index in [-0.39, 0.29) is 4.90 Å². The summed E-state index contributed by atoms with van der Waals surface area (Å²) in [6, 6.07) is 8.49. The Morgan fingerprint density at radius 3 is 2.54 bits per heavy atom. The number of hydrogen-bond donors (Lipinski definition) is 2. The van der Waals surface area contributed by atoms with E-state index in [0.717, 1.165) is 24.1 Å². The molecule has 2 N–H and O–H groups in total. The van der Waals surface area contributed by atoms with Crippen LogP contribution in [0.3, 0.4) is 0 Å². The highest BCUT2D eigenvalue weighted by molar-refractivity contribution is 7.92. The number of pyridine rings is 1. The van der Waals surface area contributed by atoms with Crippen molar-refractivity contribution in [2.45, 2.75) is 25.2 Å². The minimum absolute atomic E-state index is 0.243. The van der Waals surface area contributed by atoms with E-state index in [9.17, 15) is 8.42 Å². The maximum Gasteiger partial charge on any atom is 0.261 e. The Kier molecular flexibility index (Phi) is 6.16. The number of aromatic nitrogens is 1. The number of benzene rings is 1. The Labute approximate surface area is 143 Å². The van der Waals surface area contributed by atoms with E-state index in [1.807, 2.05) is 13.8 Å². The summed E-state index contributed by atoms with van der Waals surface area (Å²) in [6.45, 7) is 5.26. The molecule has 1 aromatic heterocycles. The Morgan fingerprint density at radius 2 is 1.92 bits per heavy atom. The number of nitrogens with zero attached hydrogens (tertiary/aromatic N) is 1. The number of methoxy groups -OCH3 is 1. The SMILES string of the molecule is COCCCNc1ccc(NS(=O)(=O)c2ccc(C)c(C)c2)cn1. The summed E-state index contributed by atoms with van der Waals surface area (Å²) in [6.07, 6.45) is 2.37. The molecule has 0 unspecified atom stereocenters. The van der Waals surface area contributed by atoms with E-state index < -0.39 is 10.0 Å². The normalized spacial score (nSPS) is 11.3. The first-order valence-corrected chi connectivity index (χ1v) is 9.19. The number of hydrogen-bond acceptors (Lipinski definition) is 5. The van der Waals surface area contributed by atoms with Crippen LogP contribution in [0, 0.1) is 13.8 Å². The lowest BCUT2D eigenvalue weighted by Crippen LogP contribution is -2.13. The molecular weight excluding hydrogens is 326 g/mol. The molecule has 0 aliphatic heterocycles. The highest BCUT2D eigenvalue weighted by Crippen LogP contribution is 2.19. The topological polar surface area (TPSA) is 80.3 Å². The van der Waals surface area contributed by atoms with Gasteiger partial charge in [0.15, 0.2) is 0 Å². The van der Waals surface area contributed by atoms with Gasteiger partial charge < -0.3 is 10.1 Å². The second-order valence-electron chi connectivity index (χ2n) is 5.56. The van der Waals surface area contributed by atoms with Crippen LogP contribution in [-0.2, 0) is 14.8 Å². The van der Waals surface area contributed by atoms with Crippen LogP contribution in [0.1, 0.15) is 17.5 Å². The smallest absolute Gasteiger partial charge is 0.261 e. The molecule has 2 rings (SSSR count). The van der Waals surface area contributed by atoms with Crippen molar-refractivity contribution in [3.05, 3.63) is 47.7 Å². The average Bonchev–Trinajstić information content (AvgIpc) is 2.55. The summed E-state index contributed by atoms with van der Waals surface area (Å²) in [5.74, 6) is 0.695. The molecule has 0 fully saturated rings. The summed E-state index contributed by atoms with van der Waals surface area (Å²) in [7, 11) is -1.96. The van der Waals surface area contributed by atoms with Crippen LogP contribution >= 0.6 is 0 Å². The minimum atomic E-state index is -3.62. The molecule has 0 bridgehead atoms. The van der Waals surface area contributed by atoms with Crippen molar-refractivity contribution in [1.82, 2.24) is 4.98 Å². The average molecular weight is 349 g/mol. The summed E-state index contributed by atoms with van der Waals surface area (Å²) < 4.78 is 32.4. The molecule has 7 heteroatoms. The van der Waals surface area contributed by atoms with Crippen molar-refractivity contribution < 1.29 is 13.2 Å². The molecule has 0 saturated carbocycles. The van der Waals surface area contributed by atoms with E-state index in [1.54, 1.807) is 37.4 Å². The van der Waals surface area contributed by atoms with Gasteiger partial charge in [-0.1, -0.05) is 6.07 Å². The van der Waals surface area contributed by atoms with Crippen LogP contribution in [0.15, 0.2) is 41.4 Å². The molecule has 2 aromatic rings. The Bertz CT molecular complexity index is 774.